The Morgan fingerprint density at radius 2 is 2.08 bits per heavy atom. The Morgan fingerprint density at radius 3 is 2.80 bits per heavy atom. The molecule has 1 aromatic rings. The van der Waals surface area contributed by atoms with Gasteiger partial charge in [-0.15, -0.1) is 11.8 Å². The molecule has 2 rings (SSSR count). The standard InChI is InChI=1S/C17H23N3O4S/c1-11-6-3-4-8-13(11)19-17(23)20-14(21)10-24-16(22)12-7-5-9-18-15(12)25-2/h5,7,9,11,13H,3-4,6,8,10H2,1-2H3,(H2,19,20,21,23)/t11-,13+/m1/s1. The zero-order valence-corrected chi connectivity index (χ0v) is 15.2. The molecule has 2 atom stereocenters. The molecule has 0 unspecified atom stereocenters. The predicted molar refractivity (Wildman–Crippen MR) is 94.4 cm³/mol. The predicted octanol–water partition coefficient (Wildman–Crippen LogP) is 2.36. The number of esters is 1. The molecule has 0 aliphatic heterocycles. The Morgan fingerprint density at radius 1 is 1.32 bits per heavy atom. The van der Waals surface area contributed by atoms with Crippen molar-refractivity contribution in [3.63, 3.8) is 0 Å². The smallest absolute Gasteiger partial charge is 0.341 e. The normalized spacial score (nSPS) is 19.8. The van der Waals surface area contributed by atoms with Crippen LogP contribution in [0, 0.1) is 5.92 Å². The van der Waals surface area contributed by atoms with E-state index in [1.807, 2.05) is 0 Å². The molecule has 1 heterocycles. The van der Waals surface area contributed by atoms with Crippen molar-refractivity contribution >= 4 is 29.7 Å². The first-order valence-electron chi connectivity index (χ1n) is 8.27. The highest BCUT2D eigenvalue weighted by Crippen LogP contribution is 2.23. The van der Waals surface area contributed by atoms with E-state index in [-0.39, 0.29) is 6.04 Å². The molecule has 1 saturated carbocycles. The van der Waals surface area contributed by atoms with Crippen molar-refractivity contribution in [1.29, 1.82) is 0 Å². The van der Waals surface area contributed by atoms with Gasteiger partial charge >= 0.3 is 12.0 Å². The molecule has 8 heteroatoms. The molecular weight excluding hydrogens is 342 g/mol. The second kappa shape index (κ2) is 9.41. The number of nitrogens with zero attached hydrogens (tertiary/aromatic N) is 1. The van der Waals surface area contributed by atoms with Crippen molar-refractivity contribution in [2.45, 2.75) is 43.7 Å². The number of amides is 3. The number of pyridine rings is 1. The van der Waals surface area contributed by atoms with Crippen LogP contribution in [0.3, 0.4) is 0 Å². The fraction of sp³-hybridized carbons (Fsp3) is 0.529. The van der Waals surface area contributed by atoms with Crippen LogP contribution in [-0.4, -0.2) is 41.8 Å². The molecule has 0 saturated heterocycles. The monoisotopic (exact) mass is 365 g/mol. The first-order chi connectivity index (χ1) is 12.0. The lowest BCUT2D eigenvalue weighted by molar-refractivity contribution is -0.123. The van der Waals surface area contributed by atoms with Gasteiger partial charge in [0.05, 0.1) is 5.56 Å². The molecule has 3 amide bonds. The molecule has 7 nitrogen and oxygen atoms in total. The van der Waals surface area contributed by atoms with Gasteiger partial charge in [0.25, 0.3) is 5.91 Å². The van der Waals surface area contributed by atoms with E-state index in [0.717, 1.165) is 19.3 Å². The van der Waals surface area contributed by atoms with E-state index in [9.17, 15) is 14.4 Å². The molecule has 1 aliphatic rings. The van der Waals surface area contributed by atoms with E-state index < -0.39 is 24.5 Å². The van der Waals surface area contributed by atoms with Gasteiger partial charge in [0.1, 0.15) is 5.03 Å². The second-order valence-corrected chi connectivity index (χ2v) is 6.82. The molecule has 1 fully saturated rings. The number of carbonyl (C=O) groups is 3. The summed E-state index contributed by atoms with van der Waals surface area (Å²) in [6, 6.07) is 2.72. The van der Waals surface area contributed by atoms with Crippen molar-refractivity contribution in [1.82, 2.24) is 15.6 Å². The Bertz CT molecular complexity index is 638. The molecule has 1 aromatic heterocycles. The molecule has 0 radical (unpaired) electrons. The van der Waals surface area contributed by atoms with Crippen LogP contribution >= 0.6 is 11.8 Å². The van der Waals surface area contributed by atoms with Gasteiger partial charge in [-0.1, -0.05) is 19.8 Å². The highest BCUT2D eigenvalue weighted by atomic mass is 32.2. The van der Waals surface area contributed by atoms with Crippen molar-refractivity contribution in [2.75, 3.05) is 12.9 Å². The van der Waals surface area contributed by atoms with Crippen molar-refractivity contribution < 1.29 is 19.1 Å². The number of urea groups is 1. The summed E-state index contributed by atoms with van der Waals surface area (Å²) in [5.41, 5.74) is 0.295. The van der Waals surface area contributed by atoms with Gasteiger partial charge in [-0.2, -0.15) is 0 Å². The van der Waals surface area contributed by atoms with Crippen molar-refractivity contribution in [3.8, 4) is 0 Å². The van der Waals surface area contributed by atoms with E-state index >= 15 is 0 Å². The van der Waals surface area contributed by atoms with Gasteiger partial charge in [-0.3, -0.25) is 10.1 Å². The minimum atomic E-state index is -0.663. The maximum Gasteiger partial charge on any atom is 0.341 e. The zero-order valence-electron chi connectivity index (χ0n) is 14.4. The third kappa shape index (κ3) is 5.74. The molecule has 1 aliphatic carbocycles. The van der Waals surface area contributed by atoms with Crippen LogP contribution in [0.5, 0.6) is 0 Å². The van der Waals surface area contributed by atoms with Gasteiger partial charge in [-0.05, 0) is 37.1 Å². The molecule has 0 bridgehead atoms. The van der Waals surface area contributed by atoms with Gasteiger partial charge in [0, 0.05) is 12.2 Å². The summed E-state index contributed by atoms with van der Waals surface area (Å²) < 4.78 is 4.96. The summed E-state index contributed by atoms with van der Waals surface area (Å²) in [7, 11) is 0. The van der Waals surface area contributed by atoms with Crippen molar-refractivity contribution in [2.24, 2.45) is 5.92 Å². The summed E-state index contributed by atoms with van der Waals surface area (Å²) in [4.78, 5) is 39.8. The van der Waals surface area contributed by atoms with Gasteiger partial charge < -0.3 is 10.1 Å². The molecule has 0 aromatic carbocycles. The molecular formula is C17H23N3O4S. The number of ether oxygens (including phenoxy) is 1. The van der Waals surface area contributed by atoms with Crippen LogP contribution in [-0.2, 0) is 9.53 Å². The van der Waals surface area contributed by atoms with Crippen LogP contribution in [0.4, 0.5) is 4.79 Å². The summed E-state index contributed by atoms with van der Waals surface area (Å²) in [6.45, 7) is 1.57. The highest BCUT2D eigenvalue weighted by molar-refractivity contribution is 7.98. The van der Waals surface area contributed by atoms with Crippen LogP contribution in [0.1, 0.15) is 43.0 Å². The number of hydrogen-bond acceptors (Lipinski definition) is 6. The van der Waals surface area contributed by atoms with Crippen LogP contribution in [0.2, 0.25) is 0 Å². The lowest BCUT2D eigenvalue weighted by Gasteiger charge is -2.29. The lowest BCUT2D eigenvalue weighted by atomic mass is 9.86. The summed E-state index contributed by atoms with van der Waals surface area (Å²) in [5, 5.41) is 5.53. The number of imide groups is 1. The van der Waals surface area contributed by atoms with Crippen LogP contribution in [0.15, 0.2) is 23.4 Å². The first kappa shape index (κ1) is 19.2. The minimum absolute atomic E-state index is 0.0728. The van der Waals surface area contributed by atoms with Gasteiger partial charge in [-0.25, -0.2) is 14.6 Å². The average molecular weight is 365 g/mol. The highest BCUT2D eigenvalue weighted by Gasteiger charge is 2.23. The number of thioether (sulfide) groups is 1. The number of hydrogen-bond donors (Lipinski definition) is 2. The molecule has 25 heavy (non-hydrogen) atoms. The number of aromatic nitrogens is 1. The molecule has 136 valence electrons. The fourth-order valence-electron chi connectivity index (χ4n) is 2.82. The third-order valence-corrected chi connectivity index (χ3v) is 4.91. The van der Waals surface area contributed by atoms with Crippen molar-refractivity contribution in [3.05, 3.63) is 23.9 Å². The Labute approximate surface area is 151 Å². The third-order valence-electron chi connectivity index (χ3n) is 4.20. The molecule has 0 spiro atoms. The maximum absolute atomic E-state index is 12.0. The van der Waals surface area contributed by atoms with E-state index in [1.165, 1.54) is 18.2 Å². The van der Waals surface area contributed by atoms with Gasteiger partial charge in [0.2, 0.25) is 0 Å². The Hall–Kier alpha value is -2.09. The van der Waals surface area contributed by atoms with E-state index in [0.29, 0.717) is 16.5 Å². The number of nitrogens with one attached hydrogen (secondary N) is 2. The lowest BCUT2D eigenvalue weighted by Crippen LogP contribution is -2.48. The van der Waals surface area contributed by atoms with Crippen LogP contribution < -0.4 is 10.6 Å². The quantitative estimate of drug-likeness (QED) is 0.614. The zero-order chi connectivity index (χ0) is 18.2. The Kier molecular flexibility index (Phi) is 7.24. The summed E-state index contributed by atoms with van der Waals surface area (Å²) in [6.07, 6.45) is 7.59. The number of rotatable bonds is 5. The SMILES string of the molecule is CSc1ncccc1C(=O)OCC(=O)NC(=O)N[C@H]1CCCC[C@H]1C. The van der Waals surface area contributed by atoms with Gasteiger partial charge in [0.15, 0.2) is 6.61 Å². The second-order valence-electron chi connectivity index (χ2n) is 6.03. The molecule has 2 N–H and O–H groups in total. The minimum Gasteiger partial charge on any atom is -0.452 e. The van der Waals surface area contributed by atoms with Crippen LogP contribution in [0.25, 0.3) is 0 Å². The maximum atomic E-state index is 12.0. The fourth-order valence-corrected chi connectivity index (χ4v) is 3.35. The first-order valence-corrected chi connectivity index (χ1v) is 9.50. The van der Waals surface area contributed by atoms with E-state index in [1.54, 1.807) is 24.6 Å². The Balaban J connectivity index is 1.78. The largest absolute Gasteiger partial charge is 0.452 e. The average Bonchev–Trinajstić information content (AvgIpc) is 2.61. The summed E-state index contributed by atoms with van der Waals surface area (Å²) >= 11 is 1.31. The van der Waals surface area contributed by atoms with E-state index in [4.69, 9.17) is 4.74 Å². The number of carbonyl (C=O) groups excluding carboxylic acids is 3. The van der Waals surface area contributed by atoms with E-state index in [2.05, 4.69) is 22.5 Å². The summed E-state index contributed by atoms with van der Waals surface area (Å²) in [5.74, 6) is -0.916. The topological polar surface area (TPSA) is 97.4 Å².